The molecule has 84 valence electrons. The second kappa shape index (κ2) is 4.80. The fraction of sp³-hybridized carbons (Fsp3) is 0.273. The highest BCUT2D eigenvalue weighted by molar-refractivity contribution is 7.13. The third-order valence-electron chi connectivity index (χ3n) is 2.21. The van der Waals surface area contributed by atoms with Crippen LogP contribution in [0.4, 0.5) is 0 Å². The Kier molecular flexibility index (Phi) is 3.41. The number of hydrogen-bond acceptors (Lipinski definition) is 3. The van der Waals surface area contributed by atoms with Crippen LogP contribution in [0, 0.1) is 0 Å². The predicted octanol–water partition coefficient (Wildman–Crippen LogP) is 3.24. The smallest absolute Gasteiger partial charge is 0.222 e. The maximum atomic E-state index is 12.2. The second-order valence-electron chi connectivity index (χ2n) is 3.37. The average molecular weight is 255 g/mol. The van der Waals surface area contributed by atoms with Crippen LogP contribution in [0.25, 0.3) is 0 Å². The van der Waals surface area contributed by atoms with Crippen molar-refractivity contribution in [1.29, 1.82) is 0 Å². The van der Waals surface area contributed by atoms with E-state index >= 15 is 0 Å². The summed E-state index contributed by atoms with van der Waals surface area (Å²) in [5.74, 6) is -0.0500. The van der Waals surface area contributed by atoms with Crippen molar-refractivity contribution < 1.29 is 4.79 Å². The average Bonchev–Trinajstić information content (AvgIpc) is 2.87. The second-order valence-corrected chi connectivity index (χ2v) is 4.69. The fourth-order valence-corrected chi connectivity index (χ4v) is 2.58. The molecule has 0 aliphatic heterocycles. The first-order valence-corrected chi connectivity index (χ1v) is 6.29. The van der Waals surface area contributed by atoms with Gasteiger partial charge in [0.05, 0.1) is 9.90 Å². The van der Waals surface area contributed by atoms with Crippen LogP contribution in [0.2, 0.25) is 5.02 Å². The molecule has 0 spiro atoms. The Hall–Kier alpha value is -1.13. The van der Waals surface area contributed by atoms with Gasteiger partial charge < -0.3 is 0 Å². The van der Waals surface area contributed by atoms with Gasteiger partial charge in [-0.2, -0.15) is 5.10 Å². The van der Waals surface area contributed by atoms with Gasteiger partial charge in [0.1, 0.15) is 5.69 Å². The normalized spacial score (nSPS) is 10.6. The Morgan fingerprint density at radius 3 is 3.00 bits per heavy atom. The van der Waals surface area contributed by atoms with Gasteiger partial charge in [-0.25, -0.2) is 0 Å². The van der Waals surface area contributed by atoms with Crippen molar-refractivity contribution >= 4 is 28.7 Å². The van der Waals surface area contributed by atoms with Gasteiger partial charge >= 0.3 is 0 Å². The van der Waals surface area contributed by atoms with Gasteiger partial charge in [-0.3, -0.25) is 9.48 Å². The molecule has 0 saturated heterocycles. The number of thiophene rings is 1. The maximum absolute atomic E-state index is 12.2. The molecule has 2 aromatic heterocycles. The van der Waals surface area contributed by atoms with E-state index in [1.54, 1.807) is 23.0 Å². The van der Waals surface area contributed by atoms with Crippen molar-refractivity contribution in [2.24, 2.45) is 0 Å². The molecule has 2 aromatic rings. The zero-order valence-electron chi connectivity index (χ0n) is 8.81. The minimum absolute atomic E-state index is 0.0500. The predicted molar refractivity (Wildman–Crippen MR) is 65.3 cm³/mol. The molecule has 3 nitrogen and oxygen atoms in total. The molecule has 0 aliphatic carbocycles. The molecule has 0 N–H and O–H groups in total. The summed E-state index contributed by atoms with van der Waals surface area (Å²) in [7, 11) is 0. The van der Waals surface area contributed by atoms with Crippen LogP contribution in [0.15, 0.2) is 23.7 Å². The first kappa shape index (κ1) is 11.4. The van der Waals surface area contributed by atoms with Crippen LogP contribution < -0.4 is 0 Å². The lowest BCUT2D eigenvalue weighted by molar-refractivity contribution is 0.103. The molecule has 2 rings (SSSR count). The molecule has 16 heavy (non-hydrogen) atoms. The molecular formula is C11H11ClN2OS. The van der Waals surface area contributed by atoms with E-state index in [1.807, 2.05) is 12.3 Å². The first-order chi connectivity index (χ1) is 7.74. The topological polar surface area (TPSA) is 34.9 Å². The van der Waals surface area contributed by atoms with E-state index in [1.165, 1.54) is 11.3 Å². The zero-order valence-corrected chi connectivity index (χ0v) is 10.4. The van der Waals surface area contributed by atoms with Gasteiger partial charge in [-0.15, -0.1) is 11.3 Å². The van der Waals surface area contributed by atoms with Gasteiger partial charge in [-0.1, -0.05) is 18.5 Å². The molecule has 0 saturated carbocycles. The van der Waals surface area contributed by atoms with Crippen molar-refractivity contribution in [3.63, 3.8) is 0 Å². The minimum Gasteiger partial charge on any atom is -0.286 e. The Morgan fingerprint density at radius 2 is 2.38 bits per heavy atom. The van der Waals surface area contributed by atoms with Gasteiger partial charge in [-0.05, 0) is 23.9 Å². The summed E-state index contributed by atoms with van der Waals surface area (Å²) in [6.45, 7) is 2.80. The third kappa shape index (κ3) is 2.03. The van der Waals surface area contributed by atoms with Crippen LogP contribution >= 0.6 is 22.9 Å². The SMILES string of the molecule is CCCn1nccc1C(=O)c1sccc1Cl. The van der Waals surface area contributed by atoms with E-state index in [4.69, 9.17) is 11.6 Å². The van der Waals surface area contributed by atoms with Crippen LogP contribution in [0.3, 0.4) is 0 Å². The molecule has 0 bridgehead atoms. The van der Waals surface area contributed by atoms with E-state index in [2.05, 4.69) is 5.10 Å². The summed E-state index contributed by atoms with van der Waals surface area (Å²) in [4.78, 5) is 12.7. The van der Waals surface area contributed by atoms with Crippen LogP contribution in [-0.2, 0) is 6.54 Å². The van der Waals surface area contributed by atoms with Crippen molar-refractivity contribution in [2.45, 2.75) is 19.9 Å². The van der Waals surface area contributed by atoms with Gasteiger partial charge in [0, 0.05) is 12.7 Å². The van der Waals surface area contributed by atoms with E-state index in [0.29, 0.717) is 15.6 Å². The van der Waals surface area contributed by atoms with Gasteiger partial charge in [0.25, 0.3) is 0 Å². The van der Waals surface area contributed by atoms with Gasteiger partial charge in [0.15, 0.2) is 0 Å². The molecule has 2 heterocycles. The number of rotatable bonds is 4. The van der Waals surface area contributed by atoms with E-state index < -0.39 is 0 Å². The number of aryl methyl sites for hydroxylation is 1. The largest absolute Gasteiger partial charge is 0.286 e. The Balaban J connectivity index is 2.34. The van der Waals surface area contributed by atoms with E-state index in [9.17, 15) is 4.79 Å². The lowest BCUT2D eigenvalue weighted by Gasteiger charge is -2.03. The summed E-state index contributed by atoms with van der Waals surface area (Å²) in [6.07, 6.45) is 2.59. The number of aromatic nitrogens is 2. The Bertz CT molecular complexity index is 504. The van der Waals surface area contributed by atoms with Gasteiger partial charge in [0.2, 0.25) is 5.78 Å². The highest BCUT2D eigenvalue weighted by atomic mass is 35.5. The molecule has 0 unspecified atom stereocenters. The van der Waals surface area contributed by atoms with Crippen molar-refractivity contribution in [1.82, 2.24) is 9.78 Å². The van der Waals surface area contributed by atoms with Crippen LogP contribution in [-0.4, -0.2) is 15.6 Å². The van der Waals surface area contributed by atoms with Crippen LogP contribution in [0.5, 0.6) is 0 Å². The van der Waals surface area contributed by atoms with Crippen molar-refractivity contribution in [3.05, 3.63) is 39.3 Å². The van der Waals surface area contributed by atoms with Crippen molar-refractivity contribution in [2.75, 3.05) is 0 Å². The standard InChI is InChI=1S/C11H11ClN2OS/c1-2-6-14-9(3-5-13-14)10(15)11-8(12)4-7-16-11/h3-5,7H,2,6H2,1H3. The lowest BCUT2D eigenvalue weighted by Crippen LogP contribution is -2.10. The number of halogens is 1. The quantitative estimate of drug-likeness (QED) is 0.785. The molecular weight excluding hydrogens is 244 g/mol. The summed E-state index contributed by atoms with van der Waals surface area (Å²) < 4.78 is 1.72. The molecule has 0 radical (unpaired) electrons. The Labute approximate surface area is 103 Å². The molecule has 0 aliphatic rings. The minimum atomic E-state index is -0.0500. The van der Waals surface area contributed by atoms with E-state index in [-0.39, 0.29) is 5.78 Å². The molecule has 0 aromatic carbocycles. The summed E-state index contributed by atoms with van der Waals surface area (Å²) in [5.41, 5.74) is 0.603. The first-order valence-electron chi connectivity index (χ1n) is 5.03. The molecule has 0 atom stereocenters. The Morgan fingerprint density at radius 1 is 1.56 bits per heavy atom. The maximum Gasteiger partial charge on any atom is 0.222 e. The molecule has 0 amide bonds. The number of carbonyl (C=O) groups excluding carboxylic acids is 1. The number of ketones is 1. The highest BCUT2D eigenvalue weighted by Crippen LogP contribution is 2.24. The lowest BCUT2D eigenvalue weighted by atomic mass is 10.2. The summed E-state index contributed by atoms with van der Waals surface area (Å²) >= 11 is 7.30. The summed E-state index contributed by atoms with van der Waals surface area (Å²) in [6, 6.07) is 3.47. The fourth-order valence-electron chi connectivity index (χ4n) is 1.49. The zero-order chi connectivity index (χ0) is 11.5. The van der Waals surface area contributed by atoms with E-state index in [0.717, 1.165) is 13.0 Å². The molecule has 0 fully saturated rings. The summed E-state index contributed by atoms with van der Waals surface area (Å²) in [5, 5.41) is 6.45. The number of nitrogens with zero attached hydrogens (tertiary/aromatic N) is 2. The number of hydrogen-bond donors (Lipinski definition) is 0. The number of carbonyl (C=O) groups is 1. The molecule has 5 heteroatoms. The third-order valence-corrected chi connectivity index (χ3v) is 3.55. The van der Waals surface area contributed by atoms with Crippen molar-refractivity contribution in [3.8, 4) is 0 Å². The highest BCUT2D eigenvalue weighted by Gasteiger charge is 2.17. The monoisotopic (exact) mass is 254 g/mol. The van der Waals surface area contributed by atoms with Crippen LogP contribution in [0.1, 0.15) is 28.7 Å².